The first-order valence-corrected chi connectivity index (χ1v) is 8.02. The molecule has 3 rings (SSSR count). The van der Waals surface area contributed by atoms with Crippen LogP contribution in [0.3, 0.4) is 0 Å². The van der Waals surface area contributed by atoms with Gasteiger partial charge >= 0.3 is 11.8 Å². The molecule has 25 heavy (non-hydrogen) atoms. The first kappa shape index (κ1) is 16.7. The molecule has 0 unspecified atom stereocenters. The van der Waals surface area contributed by atoms with Gasteiger partial charge in [0, 0.05) is 18.5 Å². The molecule has 0 atom stereocenters. The van der Waals surface area contributed by atoms with Crippen LogP contribution in [-0.4, -0.2) is 23.2 Å². The lowest BCUT2D eigenvalue weighted by molar-refractivity contribution is 0.0914. The van der Waals surface area contributed by atoms with Crippen LogP contribution < -0.4 is 10.1 Å². The summed E-state index contributed by atoms with van der Waals surface area (Å²) in [5.74, 6) is 0.741. The number of amides is 1. The molecule has 6 heteroatoms. The molecule has 1 amide bonds. The van der Waals surface area contributed by atoms with Crippen LogP contribution in [-0.2, 0) is 19.4 Å². The molecule has 0 aliphatic rings. The van der Waals surface area contributed by atoms with Crippen molar-refractivity contribution in [1.29, 1.82) is 0 Å². The third-order valence-corrected chi connectivity index (χ3v) is 3.76. The maximum absolute atomic E-state index is 12.2. The zero-order valence-electron chi connectivity index (χ0n) is 13.9. The number of methoxy groups -OCH3 is 1. The number of carbonyl (C=O) groups excluding carboxylic acids is 1. The second-order valence-electron chi connectivity index (χ2n) is 5.48. The van der Waals surface area contributed by atoms with E-state index in [9.17, 15) is 4.79 Å². The zero-order chi connectivity index (χ0) is 17.5. The molecule has 0 saturated heterocycles. The minimum absolute atomic E-state index is 0.0297. The van der Waals surface area contributed by atoms with Gasteiger partial charge in [-0.2, -0.15) is 0 Å². The van der Waals surface area contributed by atoms with Gasteiger partial charge in [0.2, 0.25) is 5.89 Å². The van der Waals surface area contributed by atoms with E-state index in [-0.39, 0.29) is 5.89 Å². The van der Waals surface area contributed by atoms with Crippen molar-refractivity contribution in [3.63, 3.8) is 0 Å². The lowest BCUT2D eigenvalue weighted by atomic mass is 10.1. The maximum Gasteiger partial charge on any atom is 0.309 e. The van der Waals surface area contributed by atoms with Crippen LogP contribution in [0.1, 0.15) is 27.7 Å². The highest BCUT2D eigenvalue weighted by Gasteiger charge is 2.15. The number of nitrogens with one attached hydrogen (secondary N) is 1. The Kier molecular flexibility index (Phi) is 5.41. The molecule has 1 heterocycles. The van der Waals surface area contributed by atoms with Crippen molar-refractivity contribution in [3.8, 4) is 5.75 Å². The van der Waals surface area contributed by atoms with Gasteiger partial charge in [-0.25, -0.2) is 0 Å². The van der Waals surface area contributed by atoms with Crippen molar-refractivity contribution >= 4 is 5.91 Å². The van der Waals surface area contributed by atoms with Crippen LogP contribution >= 0.6 is 0 Å². The van der Waals surface area contributed by atoms with Crippen molar-refractivity contribution in [2.24, 2.45) is 0 Å². The number of ether oxygens (including phenoxy) is 1. The van der Waals surface area contributed by atoms with Crippen LogP contribution in [0.2, 0.25) is 0 Å². The lowest BCUT2D eigenvalue weighted by Crippen LogP contribution is -2.23. The zero-order valence-corrected chi connectivity index (χ0v) is 13.9. The molecule has 3 aromatic rings. The topological polar surface area (TPSA) is 77.2 Å². The molecule has 6 nitrogen and oxygen atoms in total. The van der Waals surface area contributed by atoms with Gasteiger partial charge in [0.15, 0.2) is 0 Å². The van der Waals surface area contributed by atoms with Gasteiger partial charge in [0.25, 0.3) is 0 Å². The molecular weight excluding hydrogens is 318 g/mol. The molecule has 0 spiro atoms. The summed E-state index contributed by atoms with van der Waals surface area (Å²) in [4.78, 5) is 12.2. The fraction of sp³-hybridized carbons (Fsp3) is 0.211. The largest absolute Gasteiger partial charge is 0.496 e. The number of aryl methyl sites for hydroxylation is 2. The van der Waals surface area contributed by atoms with Gasteiger partial charge in [0.1, 0.15) is 5.75 Å². The van der Waals surface area contributed by atoms with Crippen molar-refractivity contribution in [1.82, 2.24) is 15.5 Å². The van der Waals surface area contributed by atoms with Gasteiger partial charge in [-0.05, 0) is 18.1 Å². The van der Waals surface area contributed by atoms with E-state index >= 15 is 0 Å². The highest BCUT2D eigenvalue weighted by molar-refractivity contribution is 5.89. The van der Waals surface area contributed by atoms with Crippen molar-refractivity contribution < 1.29 is 13.9 Å². The summed E-state index contributed by atoms with van der Waals surface area (Å²) in [6.45, 7) is 0.324. The second kappa shape index (κ2) is 8.10. The van der Waals surface area contributed by atoms with Crippen molar-refractivity contribution in [2.75, 3.05) is 7.11 Å². The normalized spacial score (nSPS) is 10.4. The average Bonchev–Trinajstić information content (AvgIpc) is 3.14. The van der Waals surface area contributed by atoms with E-state index in [1.807, 2.05) is 54.6 Å². The Bertz CT molecular complexity index is 831. The summed E-state index contributed by atoms with van der Waals surface area (Å²) in [5, 5.41) is 10.5. The SMILES string of the molecule is COc1ccccc1CNC(=O)c1nnc(CCc2ccccc2)o1. The quantitative estimate of drug-likeness (QED) is 0.717. The fourth-order valence-electron chi connectivity index (χ4n) is 2.44. The Morgan fingerprint density at radius 1 is 1.04 bits per heavy atom. The molecule has 1 aromatic heterocycles. The smallest absolute Gasteiger partial charge is 0.309 e. The Balaban J connectivity index is 1.55. The number of hydrogen-bond donors (Lipinski definition) is 1. The van der Waals surface area contributed by atoms with Gasteiger partial charge < -0.3 is 14.5 Å². The number of rotatable bonds is 7. The summed E-state index contributed by atoms with van der Waals surface area (Å²) >= 11 is 0. The van der Waals surface area contributed by atoms with E-state index in [1.165, 1.54) is 5.56 Å². The maximum atomic E-state index is 12.2. The van der Waals surface area contributed by atoms with Crippen LogP contribution in [0, 0.1) is 0 Å². The third-order valence-electron chi connectivity index (χ3n) is 3.76. The number of benzene rings is 2. The third kappa shape index (κ3) is 4.44. The molecule has 128 valence electrons. The summed E-state index contributed by atoms with van der Waals surface area (Å²) in [7, 11) is 1.59. The number of nitrogens with zero attached hydrogens (tertiary/aromatic N) is 2. The van der Waals surface area contributed by atoms with E-state index in [1.54, 1.807) is 7.11 Å². The Hall–Kier alpha value is -3.15. The summed E-state index contributed by atoms with van der Waals surface area (Å²) in [6, 6.07) is 17.5. The molecule has 0 fully saturated rings. The monoisotopic (exact) mass is 337 g/mol. The Morgan fingerprint density at radius 3 is 2.60 bits per heavy atom. The Labute approximate surface area is 145 Å². The standard InChI is InChI=1S/C19H19N3O3/c1-24-16-10-6-5-9-15(16)13-20-18(23)19-22-21-17(25-19)12-11-14-7-3-2-4-8-14/h2-10H,11-13H2,1H3,(H,20,23). The fourth-order valence-corrected chi connectivity index (χ4v) is 2.44. The van der Waals surface area contributed by atoms with Gasteiger partial charge in [0.05, 0.1) is 7.11 Å². The number of aromatic nitrogens is 2. The van der Waals surface area contributed by atoms with Crippen LogP contribution in [0.15, 0.2) is 59.0 Å². The molecule has 0 bridgehead atoms. The van der Waals surface area contributed by atoms with Crippen LogP contribution in [0.4, 0.5) is 0 Å². The number of hydrogen-bond acceptors (Lipinski definition) is 5. The van der Waals surface area contributed by atoms with E-state index in [0.29, 0.717) is 18.9 Å². The van der Waals surface area contributed by atoms with E-state index in [2.05, 4.69) is 15.5 Å². The van der Waals surface area contributed by atoms with E-state index < -0.39 is 5.91 Å². The molecular formula is C19H19N3O3. The first-order chi connectivity index (χ1) is 12.3. The van der Waals surface area contributed by atoms with Crippen LogP contribution in [0.5, 0.6) is 5.75 Å². The summed E-state index contributed by atoms with van der Waals surface area (Å²) in [6.07, 6.45) is 1.38. The minimum Gasteiger partial charge on any atom is -0.496 e. The second-order valence-corrected chi connectivity index (χ2v) is 5.48. The molecule has 0 aliphatic carbocycles. The molecule has 0 radical (unpaired) electrons. The van der Waals surface area contributed by atoms with Gasteiger partial charge in [-0.15, -0.1) is 10.2 Å². The number of para-hydroxylation sites is 1. The van der Waals surface area contributed by atoms with Gasteiger partial charge in [-0.1, -0.05) is 48.5 Å². The highest BCUT2D eigenvalue weighted by Crippen LogP contribution is 2.16. The minimum atomic E-state index is -0.399. The Morgan fingerprint density at radius 2 is 1.80 bits per heavy atom. The summed E-state index contributed by atoms with van der Waals surface area (Å²) in [5.41, 5.74) is 2.06. The van der Waals surface area contributed by atoms with E-state index in [4.69, 9.17) is 9.15 Å². The average molecular weight is 337 g/mol. The molecule has 0 aliphatic heterocycles. The number of carbonyl (C=O) groups is 1. The lowest BCUT2D eigenvalue weighted by Gasteiger charge is -2.08. The molecule has 1 N–H and O–H groups in total. The van der Waals surface area contributed by atoms with E-state index in [0.717, 1.165) is 17.7 Å². The molecule has 0 saturated carbocycles. The first-order valence-electron chi connectivity index (χ1n) is 8.02. The van der Waals surface area contributed by atoms with Crippen LogP contribution in [0.25, 0.3) is 0 Å². The summed E-state index contributed by atoms with van der Waals surface area (Å²) < 4.78 is 10.7. The van der Waals surface area contributed by atoms with Crippen molar-refractivity contribution in [2.45, 2.75) is 19.4 Å². The predicted octanol–water partition coefficient (Wildman–Crippen LogP) is 2.79. The molecule has 2 aromatic carbocycles. The predicted molar refractivity (Wildman–Crippen MR) is 92.3 cm³/mol. The van der Waals surface area contributed by atoms with Crippen molar-refractivity contribution in [3.05, 3.63) is 77.5 Å². The highest BCUT2D eigenvalue weighted by atomic mass is 16.5. The van der Waals surface area contributed by atoms with Gasteiger partial charge in [-0.3, -0.25) is 4.79 Å².